The van der Waals surface area contributed by atoms with E-state index in [1.807, 2.05) is 7.05 Å². The van der Waals surface area contributed by atoms with Crippen molar-refractivity contribution in [1.29, 1.82) is 0 Å². The molecule has 0 aromatic rings. The molecule has 1 fully saturated rings. The molecule has 1 heterocycles. The smallest absolute Gasteiger partial charge is 0.0623 e. The Hall–Kier alpha value is -0.120. The molecule has 0 aromatic heterocycles. The highest BCUT2D eigenvalue weighted by Crippen LogP contribution is 2.12. The molecule has 2 unspecified atom stereocenters. The SMILES string of the molecule is CNC1COCC1CNC(C)C. The third-order valence-electron chi connectivity index (χ3n) is 2.36. The molecule has 0 aliphatic carbocycles. The molecule has 1 aliphatic rings. The van der Waals surface area contributed by atoms with Crippen molar-refractivity contribution in [2.75, 3.05) is 26.8 Å². The summed E-state index contributed by atoms with van der Waals surface area (Å²) in [6, 6.07) is 1.11. The van der Waals surface area contributed by atoms with Crippen LogP contribution in [0, 0.1) is 5.92 Å². The Labute approximate surface area is 74.9 Å². The lowest BCUT2D eigenvalue weighted by Crippen LogP contribution is -2.40. The van der Waals surface area contributed by atoms with Crippen LogP contribution in [0.5, 0.6) is 0 Å². The Bertz CT molecular complexity index is 128. The van der Waals surface area contributed by atoms with Crippen LogP contribution in [0.2, 0.25) is 0 Å². The quantitative estimate of drug-likeness (QED) is 0.636. The maximum atomic E-state index is 5.39. The van der Waals surface area contributed by atoms with Crippen LogP contribution >= 0.6 is 0 Å². The van der Waals surface area contributed by atoms with Crippen molar-refractivity contribution >= 4 is 0 Å². The summed E-state index contributed by atoms with van der Waals surface area (Å²) in [4.78, 5) is 0. The largest absolute Gasteiger partial charge is 0.379 e. The van der Waals surface area contributed by atoms with E-state index in [0.717, 1.165) is 19.8 Å². The Morgan fingerprint density at radius 3 is 2.75 bits per heavy atom. The number of rotatable bonds is 4. The van der Waals surface area contributed by atoms with Gasteiger partial charge in [0.05, 0.1) is 13.2 Å². The van der Waals surface area contributed by atoms with Crippen molar-refractivity contribution < 1.29 is 4.74 Å². The lowest BCUT2D eigenvalue weighted by Gasteiger charge is -2.18. The van der Waals surface area contributed by atoms with Gasteiger partial charge in [-0.25, -0.2) is 0 Å². The normalized spacial score (nSPS) is 30.0. The highest BCUT2D eigenvalue weighted by atomic mass is 16.5. The van der Waals surface area contributed by atoms with E-state index in [1.165, 1.54) is 0 Å². The van der Waals surface area contributed by atoms with Gasteiger partial charge in [0, 0.05) is 24.5 Å². The van der Waals surface area contributed by atoms with Gasteiger partial charge in [0.25, 0.3) is 0 Å². The van der Waals surface area contributed by atoms with Gasteiger partial charge in [-0.3, -0.25) is 0 Å². The number of hydrogen-bond acceptors (Lipinski definition) is 3. The van der Waals surface area contributed by atoms with E-state index in [2.05, 4.69) is 24.5 Å². The first-order chi connectivity index (χ1) is 5.74. The van der Waals surface area contributed by atoms with Gasteiger partial charge in [0.15, 0.2) is 0 Å². The van der Waals surface area contributed by atoms with Gasteiger partial charge in [-0.1, -0.05) is 13.8 Å². The van der Waals surface area contributed by atoms with Crippen molar-refractivity contribution in [2.24, 2.45) is 5.92 Å². The van der Waals surface area contributed by atoms with Crippen LogP contribution < -0.4 is 10.6 Å². The summed E-state index contributed by atoms with van der Waals surface area (Å²) in [6.45, 7) is 7.16. The summed E-state index contributed by atoms with van der Waals surface area (Å²) in [7, 11) is 2.00. The van der Waals surface area contributed by atoms with E-state index in [9.17, 15) is 0 Å². The Kier molecular flexibility index (Phi) is 3.98. The van der Waals surface area contributed by atoms with E-state index < -0.39 is 0 Å². The summed E-state index contributed by atoms with van der Waals surface area (Å²) in [5.41, 5.74) is 0. The first kappa shape index (κ1) is 9.96. The van der Waals surface area contributed by atoms with Crippen LogP contribution in [0.15, 0.2) is 0 Å². The van der Waals surface area contributed by atoms with Gasteiger partial charge in [-0.05, 0) is 7.05 Å². The van der Waals surface area contributed by atoms with Crippen molar-refractivity contribution in [2.45, 2.75) is 25.9 Å². The molecule has 0 saturated carbocycles. The molecule has 0 bridgehead atoms. The molecule has 1 saturated heterocycles. The van der Waals surface area contributed by atoms with Crippen molar-refractivity contribution in [1.82, 2.24) is 10.6 Å². The second-order valence-electron chi connectivity index (χ2n) is 3.76. The van der Waals surface area contributed by atoms with Crippen LogP contribution in [0.3, 0.4) is 0 Å². The molecule has 0 aromatic carbocycles. The molecule has 2 atom stereocenters. The minimum atomic E-state index is 0.538. The van der Waals surface area contributed by atoms with E-state index >= 15 is 0 Å². The van der Waals surface area contributed by atoms with Gasteiger partial charge in [0.2, 0.25) is 0 Å². The van der Waals surface area contributed by atoms with Crippen LogP contribution in [0.25, 0.3) is 0 Å². The standard InChI is InChI=1S/C9H20N2O/c1-7(2)11-4-8-5-12-6-9(8)10-3/h7-11H,4-6H2,1-3H3. The Morgan fingerprint density at radius 2 is 2.17 bits per heavy atom. The van der Waals surface area contributed by atoms with E-state index in [-0.39, 0.29) is 0 Å². The van der Waals surface area contributed by atoms with E-state index in [0.29, 0.717) is 18.0 Å². The monoisotopic (exact) mass is 172 g/mol. The summed E-state index contributed by atoms with van der Waals surface area (Å²) in [5.74, 6) is 0.636. The Morgan fingerprint density at radius 1 is 1.42 bits per heavy atom. The first-order valence-corrected chi connectivity index (χ1v) is 4.72. The molecule has 72 valence electrons. The predicted molar refractivity (Wildman–Crippen MR) is 50.3 cm³/mol. The highest BCUT2D eigenvalue weighted by Gasteiger charge is 2.26. The topological polar surface area (TPSA) is 33.3 Å². The fourth-order valence-electron chi connectivity index (χ4n) is 1.51. The van der Waals surface area contributed by atoms with Crippen molar-refractivity contribution in [3.8, 4) is 0 Å². The lowest BCUT2D eigenvalue weighted by atomic mass is 10.0. The first-order valence-electron chi connectivity index (χ1n) is 4.72. The lowest BCUT2D eigenvalue weighted by molar-refractivity contribution is 0.182. The molecule has 1 rings (SSSR count). The van der Waals surface area contributed by atoms with Gasteiger partial charge >= 0.3 is 0 Å². The van der Waals surface area contributed by atoms with Crippen molar-refractivity contribution in [3.05, 3.63) is 0 Å². The molecule has 0 amide bonds. The molecular formula is C9H20N2O. The van der Waals surface area contributed by atoms with Gasteiger partial charge in [-0.15, -0.1) is 0 Å². The zero-order valence-electron chi connectivity index (χ0n) is 8.26. The third-order valence-corrected chi connectivity index (χ3v) is 2.36. The van der Waals surface area contributed by atoms with Gasteiger partial charge in [-0.2, -0.15) is 0 Å². The minimum Gasteiger partial charge on any atom is -0.379 e. The highest BCUT2D eigenvalue weighted by molar-refractivity contribution is 4.81. The minimum absolute atomic E-state index is 0.538. The second-order valence-corrected chi connectivity index (χ2v) is 3.76. The number of nitrogens with one attached hydrogen (secondary N) is 2. The summed E-state index contributed by atoms with van der Waals surface area (Å²) >= 11 is 0. The second kappa shape index (κ2) is 4.80. The van der Waals surface area contributed by atoms with Gasteiger partial charge in [0.1, 0.15) is 0 Å². The molecule has 2 N–H and O–H groups in total. The Balaban J connectivity index is 2.21. The number of hydrogen-bond donors (Lipinski definition) is 2. The zero-order chi connectivity index (χ0) is 8.97. The molecule has 3 nitrogen and oxygen atoms in total. The zero-order valence-corrected chi connectivity index (χ0v) is 8.26. The predicted octanol–water partition coefficient (Wildman–Crippen LogP) is 0.219. The maximum Gasteiger partial charge on any atom is 0.0623 e. The fourth-order valence-corrected chi connectivity index (χ4v) is 1.51. The van der Waals surface area contributed by atoms with E-state index in [1.54, 1.807) is 0 Å². The molecule has 12 heavy (non-hydrogen) atoms. The average Bonchev–Trinajstić information content (AvgIpc) is 2.47. The fraction of sp³-hybridized carbons (Fsp3) is 1.00. The number of likely N-dealkylation sites (N-methyl/N-ethyl adjacent to an activating group) is 1. The molecular weight excluding hydrogens is 152 g/mol. The molecule has 0 spiro atoms. The van der Waals surface area contributed by atoms with E-state index in [4.69, 9.17) is 4.74 Å². The molecule has 1 aliphatic heterocycles. The van der Waals surface area contributed by atoms with Crippen LogP contribution in [0.4, 0.5) is 0 Å². The molecule has 0 radical (unpaired) electrons. The van der Waals surface area contributed by atoms with Gasteiger partial charge < -0.3 is 15.4 Å². The van der Waals surface area contributed by atoms with Crippen LogP contribution in [0.1, 0.15) is 13.8 Å². The maximum absolute atomic E-state index is 5.39. The molecule has 3 heteroatoms. The average molecular weight is 172 g/mol. The summed E-state index contributed by atoms with van der Waals surface area (Å²) in [5, 5.41) is 6.70. The number of ether oxygens (including phenoxy) is 1. The summed E-state index contributed by atoms with van der Waals surface area (Å²) < 4.78 is 5.39. The summed E-state index contributed by atoms with van der Waals surface area (Å²) in [6.07, 6.45) is 0. The van der Waals surface area contributed by atoms with Crippen LogP contribution in [-0.4, -0.2) is 38.9 Å². The van der Waals surface area contributed by atoms with Crippen molar-refractivity contribution in [3.63, 3.8) is 0 Å². The van der Waals surface area contributed by atoms with Crippen LogP contribution in [-0.2, 0) is 4.74 Å². The third kappa shape index (κ3) is 2.73.